The Hall–Kier alpha value is -1.48. The van der Waals surface area contributed by atoms with Gasteiger partial charge in [-0.3, -0.25) is 0 Å². The van der Waals surface area contributed by atoms with Crippen LogP contribution in [0.25, 0.3) is 0 Å². The Morgan fingerprint density at radius 1 is 1.19 bits per heavy atom. The van der Waals surface area contributed by atoms with E-state index in [-0.39, 0.29) is 6.54 Å². The lowest BCUT2D eigenvalue weighted by atomic mass is 10.1. The summed E-state index contributed by atoms with van der Waals surface area (Å²) in [6.07, 6.45) is -12.6. The zero-order valence-corrected chi connectivity index (χ0v) is 10.8. The maximum absolute atomic E-state index is 12.8. The van der Waals surface area contributed by atoms with Crippen molar-refractivity contribution in [3.05, 3.63) is 29.3 Å². The van der Waals surface area contributed by atoms with Crippen LogP contribution < -0.4 is 10.1 Å². The number of ether oxygens (including phenoxy) is 1. The van der Waals surface area contributed by atoms with Crippen molar-refractivity contribution in [3.8, 4) is 5.75 Å². The SMILES string of the molecule is CNCc1ccc(OCC(O)C(F)(F)F)c(C(F)(F)F)c1. The number of hydrogen-bond acceptors (Lipinski definition) is 3. The highest BCUT2D eigenvalue weighted by Crippen LogP contribution is 2.37. The van der Waals surface area contributed by atoms with Gasteiger partial charge in [0, 0.05) is 6.54 Å². The fourth-order valence-corrected chi connectivity index (χ4v) is 1.50. The molecule has 1 rings (SSSR count). The highest BCUT2D eigenvalue weighted by molar-refractivity contribution is 5.39. The van der Waals surface area contributed by atoms with Crippen molar-refractivity contribution in [2.45, 2.75) is 25.0 Å². The zero-order valence-electron chi connectivity index (χ0n) is 10.8. The fraction of sp³-hybridized carbons (Fsp3) is 0.500. The van der Waals surface area contributed by atoms with Crippen LogP contribution in [0.2, 0.25) is 0 Å². The summed E-state index contributed by atoms with van der Waals surface area (Å²) in [6, 6.07) is 3.01. The summed E-state index contributed by atoms with van der Waals surface area (Å²) >= 11 is 0. The lowest BCUT2D eigenvalue weighted by Crippen LogP contribution is -2.34. The lowest BCUT2D eigenvalue weighted by Gasteiger charge is -2.18. The van der Waals surface area contributed by atoms with Crippen LogP contribution >= 0.6 is 0 Å². The Kier molecular flexibility index (Phi) is 5.46. The first-order valence-corrected chi connectivity index (χ1v) is 5.78. The number of rotatable bonds is 5. The van der Waals surface area contributed by atoms with E-state index in [4.69, 9.17) is 5.11 Å². The number of alkyl halides is 6. The van der Waals surface area contributed by atoms with Gasteiger partial charge in [-0.2, -0.15) is 26.3 Å². The second-order valence-corrected chi connectivity index (χ2v) is 4.23. The Bertz CT molecular complexity index is 472. The molecule has 0 amide bonds. The molecule has 9 heteroatoms. The number of halogens is 6. The van der Waals surface area contributed by atoms with Crippen LogP contribution in [0.15, 0.2) is 18.2 Å². The molecule has 0 aliphatic carbocycles. The van der Waals surface area contributed by atoms with Crippen molar-refractivity contribution in [3.63, 3.8) is 0 Å². The molecule has 3 nitrogen and oxygen atoms in total. The Labute approximate surface area is 116 Å². The van der Waals surface area contributed by atoms with Gasteiger partial charge in [0.1, 0.15) is 12.4 Å². The van der Waals surface area contributed by atoms with E-state index in [1.165, 1.54) is 13.1 Å². The molecule has 0 aliphatic heterocycles. The molecule has 21 heavy (non-hydrogen) atoms. The molecule has 0 saturated heterocycles. The average Bonchev–Trinajstić information content (AvgIpc) is 2.34. The van der Waals surface area contributed by atoms with Crippen molar-refractivity contribution < 1.29 is 36.2 Å². The van der Waals surface area contributed by atoms with E-state index < -0.39 is 36.4 Å². The van der Waals surface area contributed by atoms with E-state index in [0.717, 1.165) is 12.1 Å². The second kappa shape index (κ2) is 6.52. The third kappa shape index (κ3) is 5.09. The minimum absolute atomic E-state index is 0.161. The Morgan fingerprint density at radius 3 is 2.29 bits per heavy atom. The van der Waals surface area contributed by atoms with Crippen LogP contribution in [0, 0.1) is 0 Å². The second-order valence-electron chi connectivity index (χ2n) is 4.23. The Morgan fingerprint density at radius 2 is 1.81 bits per heavy atom. The van der Waals surface area contributed by atoms with Gasteiger partial charge < -0.3 is 15.2 Å². The molecule has 0 spiro atoms. The smallest absolute Gasteiger partial charge is 0.419 e. The van der Waals surface area contributed by atoms with Gasteiger partial charge in [-0.05, 0) is 24.7 Å². The average molecular weight is 317 g/mol. The summed E-state index contributed by atoms with van der Waals surface area (Å²) in [6.45, 7) is -1.15. The maximum atomic E-state index is 12.8. The van der Waals surface area contributed by atoms with Gasteiger partial charge >= 0.3 is 12.4 Å². The summed E-state index contributed by atoms with van der Waals surface area (Å²) in [5, 5.41) is 11.4. The van der Waals surface area contributed by atoms with Crippen LogP contribution in [-0.2, 0) is 12.7 Å². The van der Waals surface area contributed by atoms with E-state index in [0.29, 0.717) is 5.56 Å². The lowest BCUT2D eigenvalue weighted by molar-refractivity contribution is -0.211. The molecule has 1 aromatic carbocycles. The first kappa shape index (κ1) is 17.6. The molecule has 2 N–H and O–H groups in total. The molecular formula is C12H13F6NO2. The van der Waals surface area contributed by atoms with Gasteiger partial charge in [0.25, 0.3) is 0 Å². The highest BCUT2D eigenvalue weighted by Gasteiger charge is 2.40. The third-order valence-electron chi connectivity index (χ3n) is 2.50. The number of aliphatic hydroxyl groups is 1. The molecule has 0 bridgehead atoms. The number of hydrogen-bond donors (Lipinski definition) is 2. The van der Waals surface area contributed by atoms with E-state index in [1.807, 2.05) is 0 Å². The molecule has 0 radical (unpaired) electrons. The zero-order chi connectivity index (χ0) is 16.3. The minimum atomic E-state index is -4.95. The largest absolute Gasteiger partial charge is 0.490 e. The van der Waals surface area contributed by atoms with E-state index in [1.54, 1.807) is 0 Å². The van der Waals surface area contributed by atoms with Gasteiger partial charge in [-0.25, -0.2) is 0 Å². The van der Waals surface area contributed by atoms with Crippen molar-refractivity contribution in [2.75, 3.05) is 13.7 Å². The monoisotopic (exact) mass is 317 g/mol. The first-order chi connectivity index (χ1) is 9.55. The van der Waals surface area contributed by atoms with Crippen LogP contribution in [0.3, 0.4) is 0 Å². The van der Waals surface area contributed by atoms with Gasteiger partial charge in [0.05, 0.1) is 5.56 Å². The molecule has 1 atom stereocenters. The van der Waals surface area contributed by atoms with Crippen molar-refractivity contribution in [2.24, 2.45) is 0 Å². The third-order valence-corrected chi connectivity index (χ3v) is 2.50. The topological polar surface area (TPSA) is 41.5 Å². The number of nitrogens with one attached hydrogen (secondary N) is 1. The molecular weight excluding hydrogens is 304 g/mol. The van der Waals surface area contributed by atoms with E-state index >= 15 is 0 Å². The summed E-state index contributed by atoms with van der Waals surface area (Å²) in [5.41, 5.74) is -0.891. The summed E-state index contributed by atoms with van der Waals surface area (Å²) in [5.74, 6) is -0.759. The summed E-state index contributed by atoms with van der Waals surface area (Å²) in [7, 11) is 1.54. The fourth-order valence-electron chi connectivity index (χ4n) is 1.50. The van der Waals surface area contributed by atoms with Gasteiger partial charge in [-0.1, -0.05) is 6.07 Å². The van der Waals surface area contributed by atoms with Crippen molar-refractivity contribution >= 4 is 0 Å². The van der Waals surface area contributed by atoms with E-state index in [2.05, 4.69) is 10.1 Å². The highest BCUT2D eigenvalue weighted by atomic mass is 19.4. The minimum Gasteiger partial charge on any atom is -0.490 e. The van der Waals surface area contributed by atoms with Crippen LogP contribution in [-0.4, -0.2) is 31.0 Å². The van der Waals surface area contributed by atoms with Crippen LogP contribution in [0.1, 0.15) is 11.1 Å². The van der Waals surface area contributed by atoms with Gasteiger partial charge in [0.15, 0.2) is 6.10 Å². The quantitative estimate of drug-likeness (QED) is 0.821. The summed E-state index contributed by atoms with van der Waals surface area (Å²) < 4.78 is 79.3. The Balaban J connectivity index is 2.96. The number of aliphatic hydroxyl groups excluding tert-OH is 1. The predicted octanol–water partition coefficient (Wildman–Crippen LogP) is 2.73. The maximum Gasteiger partial charge on any atom is 0.419 e. The van der Waals surface area contributed by atoms with E-state index in [9.17, 15) is 26.3 Å². The van der Waals surface area contributed by atoms with Gasteiger partial charge in [-0.15, -0.1) is 0 Å². The van der Waals surface area contributed by atoms with Crippen LogP contribution in [0.5, 0.6) is 5.75 Å². The van der Waals surface area contributed by atoms with Crippen molar-refractivity contribution in [1.29, 1.82) is 0 Å². The molecule has 1 aromatic rings. The predicted molar refractivity (Wildman–Crippen MR) is 61.8 cm³/mol. The number of benzene rings is 1. The molecule has 0 saturated carbocycles. The molecule has 120 valence electrons. The first-order valence-electron chi connectivity index (χ1n) is 5.78. The molecule has 0 aromatic heterocycles. The molecule has 1 unspecified atom stereocenters. The molecule has 0 heterocycles. The summed E-state index contributed by atoms with van der Waals surface area (Å²) in [4.78, 5) is 0. The normalized spacial score (nSPS) is 14.1. The molecule has 0 aliphatic rings. The van der Waals surface area contributed by atoms with Crippen LogP contribution in [0.4, 0.5) is 26.3 Å². The standard InChI is InChI=1S/C12H13F6NO2/c1-19-5-7-2-3-9(8(4-7)11(13,14)15)21-6-10(20)12(16,17)18/h2-4,10,19-20H,5-6H2,1H3. The van der Waals surface area contributed by atoms with Gasteiger partial charge in [0.2, 0.25) is 0 Å². The van der Waals surface area contributed by atoms with Crippen molar-refractivity contribution in [1.82, 2.24) is 5.32 Å². The molecule has 0 fully saturated rings.